The molecule has 0 N–H and O–H groups in total. The van der Waals surface area contributed by atoms with E-state index in [4.69, 9.17) is 18.9 Å². The molecule has 0 saturated heterocycles. The summed E-state index contributed by atoms with van der Waals surface area (Å²) in [5.74, 6) is 2.31. The number of nitrogens with zero attached hydrogens (tertiary/aromatic N) is 2. The molecule has 0 bridgehead atoms. The Morgan fingerprint density at radius 3 is 2.55 bits per heavy atom. The van der Waals surface area contributed by atoms with Gasteiger partial charge in [-0.1, -0.05) is 11.8 Å². The smallest absolute Gasteiger partial charge is 0.256 e. The molecule has 2 aromatic heterocycles. The van der Waals surface area contributed by atoms with Gasteiger partial charge in [0, 0.05) is 22.3 Å². The first-order chi connectivity index (χ1) is 14.2. The fourth-order valence-electron chi connectivity index (χ4n) is 2.68. The molecule has 0 atom stereocenters. The Kier molecular flexibility index (Phi) is 5.82. The van der Waals surface area contributed by atoms with Crippen LogP contribution in [0.3, 0.4) is 0 Å². The number of benzene rings is 2. The fraction of sp³-hybridized carbons (Fsp3) is 0.143. The largest absolute Gasteiger partial charge is 0.493 e. The Morgan fingerprint density at radius 1 is 1.03 bits per heavy atom. The topological polar surface area (TPSA) is 57.4 Å². The van der Waals surface area contributed by atoms with Gasteiger partial charge in [0.15, 0.2) is 17.3 Å². The van der Waals surface area contributed by atoms with Crippen molar-refractivity contribution in [2.24, 2.45) is 0 Å². The van der Waals surface area contributed by atoms with Crippen molar-refractivity contribution in [3.63, 3.8) is 0 Å². The molecule has 2 aromatic carbocycles. The minimum absolute atomic E-state index is 0.281. The second-order valence-electron chi connectivity index (χ2n) is 6.00. The molecule has 0 radical (unpaired) electrons. The third kappa shape index (κ3) is 4.44. The standard InChI is InChI=1S/C21H17FN2O3S2/c1-25-17-8-5-14(9-18(17)26-2)20-24-16(11-28-20)12-29-21-23-10-19(27-21)13-3-6-15(22)7-4-13/h3-11H,12H2,1-2H3. The molecule has 0 aliphatic rings. The Hall–Kier alpha value is -2.84. The number of thiazole rings is 1. The normalized spacial score (nSPS) is 10.9. The van der Waals surface area contributed by atoms with Crippen molar-refractivity contribution in [2.45, 2.75) is 11.0 Å². The highest BCUT2D eigenvalue weighted by molar-refractivity contribution is 7.98. The molecule has 8 heteroatoms. The highest BCUT2D eigenvalue weighted by Gasteiger charge is 2.12. The van der Waals surface area contributed by atoms with Crippen molar-refractivity contribution in [2.75, 3.05) is 14.2 Å². The van der Waals surface area contributed by atoms with E-state index in [9.17, 15) is 4.39 Å². The second-order valence-corrected chi connectivity index (χ2v) is 7.78. The van der Waals surface area contributed by atoms with Crippen LogP contribution in [-0.4, -0.2) is 24.2 Å². The predicted molar refractivity (Wildman–Crippen MR) is 112 cm³/mol. The van der Waals surface area contributed by atoms with Crippen molar-refractivity contribution in [3.05, 3.63) is 65.6 Å². The molecule has 0 spiro atoms. The molecule has 4 rings (SSSR count). The first kappa shape index (κ1) is 19.5. The number of oxazole rings is 1. The van der Waals surface area contributed by atoms with E-state index in [0.717, 1.165) is 21.8 Å². The lowest BCUT2D eigenvalue weighted by Crippen LogP contribution is -1.90. The predicted octanol–water partition coefficient (Wildman–Crippen LogP) is 5.91. The third-order valence-electron chi connectivity index (χ3n) is 4.14. The van der Waals surface area contributed by atoms with Crippen molar-refractivity contribution in [1.82, 2.24) is 9.97 Å². The summed E-state index contributed by atoms with van der Waals surface area (Å²) < 4.78 is 29.4. The molecule has 5 nitrogen and oxygen atoms in total. The summed E-state index contributed by atoms with van der Waals surface area (Å²) in [7, 11) is 3.22. The first-order valence-corrected chi connectivity index (χ1v) is 10.5. The van der Waals surface area contributed by atoms with Crippen molar-refractivity contribution >= 4 is 23.1 Å². The summed E-state index contributed by atoms with van der Waals surface area (Å²) in [5, 5.41) is 3.47. The van der Waals surface area contributed by atoms with E-state index in [-0.39, 0.29) is 5.82 Å². The fourth-order valence-corrected chi connectivity index (χ4v) is 4.30. The average molecular weight is 429 g/mol. The van der Waals surface area contributed by atoms with Crippen LogP contribution in [0.1, 0.15) is 5.69 Å². The van der Waals surface area contributed by atoms with Crippen molar-refractivity contribution in [1.29, 1.82) is 0 Å². The summed E-state index contributed by atoms with van der Waals surface area (Å²) in [4.78, 5) is 8.98. The zero-order chi connectivity index (χ0) is 20.2. The lowest BCUT2D eigenvalue weighted by atomic mass is 10.2. The van der Waals surface area contributed by atoms with Crippen LogP contribution in [0.2, 0.25) is 0 Å². The van der Waals surface area contributed by atoms with Crippen LogP contribution in [0.5, 0.6) is 11.5 Å². The van der Waals surface area contributed by atoms with E-state index < -0.39 is 0 Å². The van der Waals surface area contributed by atoms with E-state index in [1.807, 2.05) is 23.6 Å². The van der Waals surface area contributed by atoms with Crippen LogP contribution in [0.4, 0.5) is 4.39 Å². The quantitative estimate of drug-likeness (QED) is 0.341. The Bertz CT molecular complexity index is 1110. The van der Waals surface area contributed by atoms with E-state index in [2.05, 4.69) is 4.98 Å². The van der Waals surface area contributed by atoms with Crippen LogP contribution in [0, 0.1) is 5.82 Å². The third-order valence-corrected chi connectivity index (χ3v) is 5.95. The number of ether oxygens (including phenoxy) is 2. The molecule has 0 unspecified atom stereocenters. The molecule has 0 saturated carbocycles. The van der Waals surface area contributed by atoms with E-state index in [0.29, 0.717) is 28.2 Å². The molecule has 0 amide bonds. The van der Waals surface area contributed by atoms with E-state index in [1.165, 1.54) is 23.9 Å². The van der Waals surface area contributed by atoms with E-state index >= 15 is 0 Å². The van der Waals surface area contributed by atoms with Crippen LogP contribution < -0.4 is 9.47 Å². The molecule has 0 aliphatic heterocycles. The number of hydrogen-bond acceptors (Lipinski definition) is 7. The minimum atomic E-state index is -0.281. The van der Waals surface area contributed by atoms with Crippen LogP contribution in [-0.2, 0) is 5.75 Å². The zero-order valence-corrected chi connectivity index (χ0v) is 17.3. The van der Waals surface area contributed by atoms with Crippen molar-refractivity contribution < 1.29 is 18.3 Å². The lowest BCUT2D eigenvalue weighted by Gasteiger charge is -2.08. The Balaban J connectivity index is 1.43. The van der Waals surface area contributed by atoms with Gasteiger partial charge in [0.25, 0.3) is 5.22 Å². The number of methoxy groups -OCH3 is 2. The average Bonchev–Trinajstić information content (AvgIpc) is 3.42. The molecule has 29 heavy (non-hydrogen) atoms. The van der Waals surface area contributed by atoms with Crippen LogP contribution >= 0.6 is 23.1 Å². The Labute approximate surface area is 175 Å². The number of rotatable bonds is 7. The molecule has 4 aromatic rings. The van der Waals surface area contributed by atoms with Gasteiger partial charge in [-0.15, -0.1) is 11.3 Å². The van der Waals surface area contributed by atoms with Gasteiger partial charge in [-0.3, -0.25) is 0 Å². The van der Waals surface area contributed by atoms with E-state index in [1.54, 1.807) is 43.9 Å². The molecule has 0 fully saturated rings. The number of thioether (sulfide) groups is 1. The molecule has 148 valence electrons. The van der Waals surface area contributed by atoms with Gasteiger partial charge in [0.1, 0.15) is 10.8 Å². The van der Waals surface area contributed by atoms with Gasteiger partial charge in [-0.25, -0.2) is 14.4 Å². The SMILES string of the molecule is COc1ccc(-c2nc(CSc3ncc(-c4ccc(F)cc4)o3)cs2)cc1OC. The highest BCUT2D eigenvalue weighted by Crippen LogP contribution is 2.34. The van der Waals surface area contributed by atoms with Crippen LogP contribution in [0.15, 0.2) is 63.7 Å². The number of aromatic nitrogens is 2. The highest BCUT2D eigenvalue weighted by atomic mass is 32.2. The maximum Gasteiger partial charge on any atom is 0.256 e. The van der Waals surface area contributed by atoms with Gasteiger partial charge in [-0.2, -0.15) is 0 Å². The molecular weight excluding hydrogens is 411 g/mol. The molecule has 0 aliphatic carbocycles. The van der Waals surface area contributed by atoms with Crippen LogP contribution in [0.25, 0.3) is 21.9 Å². The summed E-state index contributed by atoms with van der Waals surface area (Å²) in [6.45, 7) is 0. The van der Waals surface area contributed by atoms with Gasteiger partial charge in [-0.05, 0) is 42.5 Å². The molecule has 2 heterocycles. The van der Waals surface area contributed by atoms with Gasteiger partial charge >= 0.3 is 0 Å². The Morgan fingerprint density at radius 2 is 1.79 bits per heavy atom. The number of halogens is 1. The summed E-state index contributed by atoms with van der Waals surface area (Å²) in [5.41, 5.74) is 2.69. The summed E-state index contributed by atoms with van der Waals surface area (Å²) >= 11 is 3.03. The maximum absolute atomic E-state index is 13.1. The maximum atomic E-state index is 13.1. The van der Waals surface area contributed by atoms with Crippen molar-refractivity contribution in [3.8, 4) is 33.4 Å². The summed E-state index contributed by atoms with van der Waals surface area (Å²) in [6.07, 6.45) is 1.64. The zero-order valence-electron chi connectivity index (χ0n) is 15.7. The first-order valence-electron chi connectivity index (χ1n) is 8.67. The minimum Gasteiger partial charge on any atom is -0.493 e. The molecular formula is C21H17FN2O3S2. The van der Waals surface area contributed by atoms with Gasteiger partial charge in [0.05, 0.1) is 26.1 Å². The lowest BCUT2D eigenvalue weighted by molar-refractivity contribution is 0.355. The summed E-state index contributed by atoms with van der Waals surface area (Å²) in [6, 6.07) is 11.9. The second kappa shape index (κ2) is 8.67. The number of hydrogen-bond donors (Lipinski definition) is 0. The monoisotopic (exact) mass is 428 g/mol. The van der Waals surface area contributed by atoms with Gasteiger partial charge in [0.2, 0.25) is 0 Å². The van der Waals surface area contributed by atoms with Gasteiger partial charge < -0.3 is 13.9 Å².